The van der Waals surface area contributed by atoms with Crippen molar-refractivity contribution in [2.45, 2.75) is 6.54 Å². The van der Waals surface area contributed by atoms with Crippen LogP contribution in [0.15, 0.2) is 61.2 Å². The van der Waals surface area contributed by atoms with E-state index in [0.29, 0.717) is 23.7 Å². The second-order valence-corrected chi connectivity index (χ2v) is 5.14. The fourth-order valence-electron chi connectivity index (χ4n) is 2.46. The number of rotatable bonds is 4. The first-order valence-corrected chi connectivity index (χ1v) is 7.40. The molecule has 0 aliphatic rings. The van der Waals surface area contributed by atoms with Crippen LogP contribution in [0.1, 0.15) is 5.69 Å². The van der Waals surface area contributed by atoms with E-state index in [2.05, 4.69) is 25.4 Å². The molecule has 1 N–H and O–H groups in total. The zero-order valence-electron chi connectivity index (χ0n) is 12.6. The Balaban J connectivity index is 1.70. The highest BCUT2D eigenvalue weighted by Crippen LogP contribution is 2.23. The molecule has 0 aliphatic carbocycles. The molecule has 6 nitrogen and oxygen atoms in total. The maximum Gasteiger partial charge on any atom is 0.168 e. The van der Waals surface area contributed by atoms with Crippen LogP contribution in [0.3, 0.4) is 0 Å². The smallest absolute Gasteiger partial charge is 0.168 e. The fraction of sp³-hybridized carbons (Fsp3) is 0.0588. The number of pyridine rings is 1. The average Bonchev–Trinajstić information content (AvgIpc) is 3.06. The van der Waals surface area contributed by atoms with Crippen LogP contribution in [0.2, 0.25) is 0 Å². The highest BCUT2D eigenvalue weighted by atomic mass is 19.1. The Morgan fingerprint density at radius 2 is 1.88 bits per heavy atom. The number of benzene rings is 1. The Bertz CT molecular complexity index is 983. The molecular weight excluding hydrogens is 307 g/mol. The molecule has 0 aliphatic heterocycles. The van der Waals surface area contributed by atoms with Crippen LogP contribution in [0.25, 0.3) is 16.7 Å². The summed E-state index contributed by atoms with van der Waals surface area (Å²) in [5, 5.41) is 8.20. The Kier molecular flexibility index (Phi) is 3.59. The van der Waals surface area contributed by atoms with Crippen molar-refractivity contribution in [3.05, 3.63) is 72.7 Å². The van der Waals surface area contributed by atoms with Crippen molar-refractivity contribution >= 4 is 16.9 Å². The second-order valence-electron chi connectivity index (χ2n) is 5.14. The molecule has 4 rings (SSSR count). The van der Waals surface area contributed by atoms with Gasteiger partial charge in [0.25, 0.3) is 0 Å². The summed E-state index contributed by atoms with van der Waals surface area (Å²) in [4.78, 5) is 12.8. The molecule has 0 atom stereocenters. The summed E-state index contributed by atoms with van der Waals surface area (Å²) in [6, 6.07) is 12.2. The predicted molar refractivity (Wildman–Crippen MR) is 88.2 cm³/mol. The first-order valence-electron chi connectivity index (χ1n) is 7.40. The van der Waals surface area contributed by atoms with Gasteiger partial charge in [-0.3, -0.25) is 4.98 Å². The third-order valence-electron chi connectivity index (χ3n) is 3.61. The SMILES string of the molecule is Fc1ccccc1-n1ncc2c(NCc3ccccn3)ncnc21. The summed E-state index contributed by atoms with van der Waals surface area (Å²) in [5.74, 6) is 0.275. The van der Waals surface area contributed by atoms with Crippen LogP contribution >= 0.6 is 0 Å². The second kappa shape index (κ2) is 6.04. The average molecular weight is 320 g/mol. The number of aromatic nitrogens is 5. The van der Waals surface area contributed by atoms with E-state index in [1.54, 1.807) is 30.6 Å². The number of hydrogen-bond acceptors (Lipinski definition) is 5. The van der Waals surface area contributed by atoms with Gasteiger partial charge in [0.15, 0.2) is 5.65 Å². The van der Waals surface area contributed by atoms with Crippen molar-refractivity contribution in [2.75, 3.05) is 5.32 Å². The van der Waals surface area contributed by atoms with Crippen LogP contribution in [-0.4, -0.2) is 24.7 Å². The van der Waals surface area contributed by atoms with Gasteiger partial charge in [-0.05, 0) is 24.3 Å². The van der Waals surface area contributed by atoms with Gasteiger partial charge in [0, 0.05) is 6.20 Å². The molecule has 3 heterocycles. The summed E-state index contributed by atoms with van der Waals surface area (Å²) in [6.07, 6.45) is 4.80. The monoisotopic (exact) mass is 320 g/mol. The lowest BCUT2D eigenvalue weighted by atomic mass is 10.3. The molecule has 0 saturated carbocycles. The van der Waals surface area contributed by atoms with Crippen LogP contribution in [0, 0.1) is 5.82 Å². The standard InChI is InChI=1S/C17H13FN6/c18-14-6-1-2-7-15(14)24-17-13(10-23-24)16(21-11-22-17)20-9-12-5-3-4-8-19-12/h1-8,10-11H,9H2,(H,20,21,22). The van der Waals surface area contributed by atoms with E-state index in [0.717, 1.165) is 11.1 Å². The number of anilines is 1. The maximum atomic E-state index is 14.0. The normalized spacial score (nSPS) is 10.9. The molecular formula is C17H13FN6. The number of fused-ring (bicyclic) bond motifs is 1. The minimum atomic E-state index is -0.357. The molecule has 0 radical (unpaired) electrons. The van der Waals surface area contributed by atoms with Crippen LogP contribution in [-0.2, 0) is 6.54 Å². The molecule has 0 spiro atoms. The molecule has 24 heavy (non-hydrogen) atoms. The molecule has 3 aromatic heterocycles. The third kappa shape index (κ3) is 2.56. The predicted octanol–water partition coefficient (Wildman–Crippen LogP) is 2.96. The third-order valence-corrected chi connectivity index (χ3v) is 3.61. The molecule has 7 heteroatoms. The number of hydrogen-bond donors (Lipinski definition) is 1. The van der Waals surface area contributed by atoms with E-state index < -0.39 is 0 Å². The molecule has 0 amide bonds. The number of nitrogens with zero attached hydrogens (tertiary/aromatic N) is 5. The van der Waals surface area contributed by atoms with Gasteiger partial charge >= 0.3 is 0 Å². The van der Waals surface area contributed by atoms with Crippen molar-refractivity contribution in [1.29, 1.82) is 0 Å². The summed E-state index contributed by atoms with van der Waals surface area (Å²) >= 11 is 0. The molecule has 0 unspecified atom stereocenters. The zero-order valence-corrected chi connectivity index (χ0v) is 12.6. The largest absolute Gasteiger partial charge is 0.364 e. The first-order chi connectivity index (χ1) is 11.8. The van der Waals surface area contributed by atoms with E-state index in [9.17, 15) is 4.39 Å². The lowest BCUT2D eigenvalue weighted by molar-refractivity contribution is 0.612. The van der Waals surface area contributed by atoms with Crippen LogP contribution in [0.5, 0.6) is 0 Å². The summed E-state index contributed by atoms with van der Waals surface area (Å²) < 4.78 is 15.5. The summed E-state index contributed by atoms with van der Waals surface area (Å²) in [7, 11) is 0. The minimum Gasteiger partial charge on any atom is -0.364 e. The highest BCUT2D eigenvalue weighted by molar-refractivity contribution is 5.87. The quantitative estimate of drug-likeness (QED) is 0.626. The Labute approximate surface area is 137 Å². The lowest BCUT2D eigenvalue weighted by Crippen LogP contribution is -2.04. The maximum absolute atomic E-state index is 14.0. The molecule has 0 bridgehead atoms. The molecule has 0 saturated heterocycles. The molecule has 1 aromatic carbocycles. The van der Waals surface area contributed by atoms with Crippen molar-refractivity contribution in [2.24, 2.45) is 0 Å². The van der Waals surface area contributed by atoms with Gasteiger partial charge in [-0.1, -0.05) is 18.2 Å². The van der Waals surface area contributed by atoms with Gasteiger partial charge in [0.2, 0.25) is 0 Å². The van der Waals surface area contributed by atoms with E-state index >= 15 is 0 Å². The first kappa shape index (κ1) is 14.3. The van der Waals surface area contributed by atoms with E-state index in [4.69, 9.17) is 0 Å². The molecule has 4 aromatic rings. The van der Waals surface area contributed by atoms with Gasteiger partial charge < -0.3 is 5.32 Å². The molecule has 118 valence electrons. The van der Waals surface area contributed by atoms with Crippen molar-refractivity contribution < 1.29 is 4.39 Å². The van der Waals surface area contributed by atoms with Gasteiger partial charge in [0.05, 0.1) is 23.8 Å². The Morgan fingerprint density at radius 1 is 1.00 bits per heavy atom. The number of para-hydroxylation sites is 1. The topological polar surface area (TPSA) is 68.5 Å². The number of nitrogens with one attached hydrogen (secondary N) is 1. The van der Waals surface area contributed by atoms with E-state index in [1.807, 2.05) is 18.2 Å². The highest BCUT2D eigenvalue weighted by Gasteiger charge is 2.13. The number of halogens is 1. The summed E-state index contributed by atoms with van der Waals surface area (Å²) in [6.45, 7) is 0.526. The van der Waals surface area contributed by atoms with Crippen molar-refractivity contribution in [3.8, 4) is 5.69 Å². The summed E-state index contributed by atoms with van der Waals surface area (Å²) in [5.41, 5.74) is 1.78. The van der Waals surface area contributed by atoms with Crippen molar-refractivity contribution in [3.63, 3.8) is 0 Å². The van der Waals surface area contributed by atoms with Gasteiger partial charge in [-0.2, -0.15) is 5.10 Å². The molecule has 0 fully saturated rings. The van der Waals surface area contributed by atoms with Crippen molar-refractivity contribution in [1.82, 2.24) is 24.7 Å². The van der Waals surface area contributed by atoms with Gasteiger partial charge in [-0.15, -0.1) is 0 Å². The van der Waals surface area contributed by atoms with E-state index in [-0.39, 0.29) is 5.82 Å². The Hall–Kier alpha value is -3.35. The lowest BCUT2D eigenvalue weighted by Gasteiger charge is -2.07. The zero-order chi connectivity index (χ0) is 16.4. The van der Waals surface area contributed by atoms with Crippen LogP contribution < -0.4 is 5.32 Å². The van der Waals surface area contributed by atoms with Crippen LogP contribution in [0.4, 0.5) is 10.2 Å². The minimum absolute atomic E-state index is 0.349. The van der Waals surface area contributed by atoms with E-state index in [1.165, 1.54) is 17.1 Å². The van der Waals surface area contributed by atoms with Gasteiger partial charge in [0.1, 0.15) is 23.6 Å². The fourth-order valence-corrected chi connectivity index (χ4v) is 2.46. The Morgan fingerprint density at radius 3 is 2.71 bits per heavy atom. The van der Waals surface area contributed by atoms with Gasteiger partial charge in [-0.25, -0.2) is 19.0 Å².